The van der Waals surface area contributed by atoms with Crippen molar-refractivity contribution >= 4 is 40.0 Å². The number of imidazole rings is 1. The summed E-state index contributed by atoms with van der Waals surface area (Å²) < 4.78 is 48.8. The summed E-state index contributed by atoms with van der Waals surface area (Å²) in [5, 5.41) is 5.55. The largest absolute Gasteiger partial charge is 0.352 e. The molecular weight excluding hydrogens is 669 g/mol. The van der Waals surface area contributed by atoms with Crippen molar-refractivity contribution in [2.45, 2.75) is 97.2 Å². The van der Waals surface area contributed by atoms with Gasteiger partial charge in [0.2, 0.25) is 11.9 Å². The van der Waals surface area contributed by atoms with E-state index < -0.39 is 28.9 Å². The standard InChI is InChI=1S/C39H45F3N8O2/c1-8-43-36(51)24-12-27(31(41)30(40)20(24)4)46-35-32-28(44-18-49(32)19(2)3)14-26(45-35)25-13-29-33(47-34(25)42)38(5,6)37(52)50(29)23-15-39(7,16-23)48-10-9-21-11-22(21)17-48/h12-14,18-19,21-23H,8-11,15-17H2,1-7H3,(H,43,51)(H,45,46)/t21?,22-,23-,39+/m0/s1. The van der Waals surface area contributed by atoms with E-state index in [1.165, 1.54) is 25.8 Å². The lowest BCUT2D eigenvalue weighted by Crippen LogP contribution is -2.64. The van der Waals surface area contributed by atoms with Gasteiger partial charge in [-0.05, 0) is 111 Å². The fourth-order valence-electron chi connectivity index (χ4n) is 8.75. The Hall–Kier alpha value is -4.52. The van der Waals surface area contributed by atoms with Gasteiger partial charge in [-0.1, -0.05) is 0 Å². The van der Waals surface area contributed by atoms with Gasteiger partial charge < -0.3 is 20.1 Å². The van der Waals surface area contributed by atoms with Crippen LogP contribution < -0.4 is 15.5 Å². The molecule has 1 saturated heterocycles. The molecule has 0 spiro atoms. The van der Waals surface area contributed by atoms with E-state index in [0.29, 0.717) is 29.0 Å². The number of hydrogen-bond donors (Lipinski definition) is 2. The number of rotatable bonds is 8. The zero-order chi connectivity index (χ0) is 37.0. The highest BCUT2D eigenvalue weighted by Crippen LogP contribution is 2.53. The Morgan fingerprint density at radius 1 is 1.06 bits per heavy atom. The van der Waals surface area contributed by atoms with Gasteiger partial charge in [0, 0.05) is 41.8 Å². The van der Waals surface area contributed by atoms with E-state index in [0.717, 1.165) is 37.8 Å². The number of amides is 2. The second-order valence-corrected chi connectivity index (χ2v) is 16.2. The fourth-order valence-corrected chi connectivity index (χ4v) is 8.75. The number of carbonyl (C=O) groups is 2. The number of nitrogens with zero attached hydrogens (tertiary/aromatic N) is 6. The summed E-state index contributed by atoms with van der Waals surface area (Å²) in [6.45, 7) is 15.3. The summed E-state index contributed by atoms with van der Waals surface area (Å²) in [6, 6.07) is 4.38. The Morgan fingerprint density at radius 3 is 2.50 bits per heavy atom. The number of likely N-dealkylation sites (tertiary alicyclic amines) is 1. The smallest absolute Gasteiger partial charge is 0.251 e. The van der Waals surface area contributed by atoms with Gasteiger partial charge in [0.05, 0.1) is 45.6 Å². The Morgan fingerprint density at radius 2 is 1.81 bits per heavy atom. The molecule has 5 heterocycles. The molecule has 274 valence electrons. The number of piperidine rings is 1. The molecule has 10 nitrogen and oxygen atoms in total. The summed E-state index contributed by atoms with van der Waals surface area (Å²) in [5.74, 6) is -2.04. The lowest BCUT2D eigenvalue weighted by atomic mass is 9.71. The number of carbonyl (C=O) groups excluding carboxylic acids is 2. The van der Waals surface area contributed by atoms with Gasteiger partial charge in [-0.3, -0.25) is 14.5 Å². The Kier molecular flexibility index (Phi) is 7.98. The normalized spacial score (nSPS) is 24.9. The van der Waals surface area contributed by atoms with E-state index in [1.54, 1.807) is 39.2 Å². The topological polar surface area (TPSA) is 108 Å². The van der Waals surface area contributed by atoms with Crippen molar-refractivity contribution in [2.75, 3.05) is 29.9 Å². The maximum Gasteiger partial charge on any atom is 0.251 e. The number of pyridine rings is 2. The van der Waals surface area contributed by atoms with Crippen LogP contribution in [0.15, 0.2) is 24.5 Å². The third kappa shape index (κ3) is 5.29. The van der Waals surface area contributed by atoms with E-state index in [4.69, 9.17) is 4.98 Å². The van der Waals surface area contributed by atoms with Gasteiger partial charge in [-0.25, -0.2) is 23.7 Å². The van der Waals surface area contributed by atoms with Crippen molar-refractivity contribution in [1.82, 2.24) is 29.7 Å². The zero-order valence-electron chi connectivity index (χ0n) is 30.7. The van der Waals surface area contributed by atoms with Crippen LogP contribution in [0.5, 0.6) is 0 Å². The molecule has 4 aliphatic rings. The van der Waals surface area contributed by atoms with Crippen LogP contribution in [-0.4, -0.2) is 67.4 Å². The molecule has 4 aromatic rings. The number of anilines is 3. The minimum atomic E-state index is -1.18. The lowest BCUT2D eigenvalue weighted by Gasteiger charge is -2.55. The Balaban J connectivity index is 1.20. The number of fused-ring (bicyclic) bond motifs is 3. The second kappa shape index (κ2) is 12.0. The monoisotopic (exact) mass is 714 g/mol. The maximum atomic E-state index is 16.2. The molecule has 3 aromatic heterocycles. The van der Waals surface area contributed by atoms with Crippen molar-refractivity contribution in [3.63, 3.8) is 0 Å². The predicted molar refractivity (Wildman–Crippen MR) is 193 cm³/mol. The van der Waals surface area contributed by atoms with Crippen LogP contribution in [0.25, 0.3) is 22.3 Å². The minimum absolute atomic E-state index is 0.00585. The molecule has 2 atom stereocenters. The molecule has 8 rings (SSSR count). The van der Waals surface area contributed by atoms with E-state index >= 15 is 13.2 Å². The quantitative estimate of drug-likeness (QED) is 0.186. The lowest BCUT2D eigenvalue weighted by molar-refractivity contribution is -0.124. The van der Waals surface area contributed by atoms with E-state index in [9.17, 15) is 9.59 Å². The van der Waals surface area contributed by atoms with Crippen LogP contribution in [0, 0.1) is 36.3 Å². The van der Waals surface area contributed by atoms with Crippen molar-refractivity contribution in [2.24, 2.45) is 11.8 Å². The molecule has 2 N–H and O–H groups in total. The SMILES string of the molecule is CCNC(=O)c1cc(Nc2nc(-c3cc4c(nc3F)C(C)(C)C(=O)N4[C@H]3C[C@@](C)(N4CCC5C[C@H]5C4)C3)cc3ncn(C(C)C)c23)c(F)c(F)c1C. The first-order valence-corrected chi connectivity index (χ1v) is 18.3. The van der Waals surface area contributed by atoms with Crippen LogP contribution in [-0.2, 0) is 10.2 Å². The van der Waals surface area contributed by atoms with Gasteiger partial charge in [0.25, 0.3) is 5.91 Å². The molecule has 52 heavy (non-hydrogen) atoms. The molecular formula is C39H45F3N8O2. The molecule has 1 aromatic carbocycles. The molecule has 0 bridgehead atoms. The van der Waals surface area contributed by atoms with Crippen LogP contribution in [0.3, 0.4) is 0 Å². The number of nitrogens with one attached hydrogen (secondary N) is 2. The van der Waals surface area contributed by atoms with Gasteiger partial charge >= 0.3 is 0 Å². The van der Waals surface area contributed by atoms with Gasteiger partial charge in [0.15, 0.2) is 17.5 Å². The highest BCUT2D eigenvalue weighted by atomic mass is 19.2. The average molecular weight is 715 g/mol. The third-order valence-corrected chi connectivity index (χ3v) is 12.0. The second-order valence-electron chi connectivity index (χ2n) is 16.2. The van der Waals surface area contributed by atoms with Gasteiger partial charge in [0.1, 0.15) is 5.52 Å². The zero-order valence-corrected chi connectivity index (χ0v) is 30.7. The molecule has 0 radical (unpaired) electrons. The molecule has 2 saturated carbocycles. The summed E-state index contributed by atoms with van der Waals surface area (Å²) in [6.07, 6.45) is 5.81. The molecule has 3 fully saturated rings. The molecule has 2 aliphatic heterocycles. The van der Waals surface area contributed by atoms with Gasteiger partial charge in [-0.2, -0.15) is 4.39 Å². The minimum Gasteiger partial charge on any atom is -0.352 e. The fraction of sp³-hybridized carbons (Fsp3) is 0.513. The third-order valence-electron chi connectivity index (χ3n) is 12.0. The molecule has 13 heteroatoms. The summed E-state index contributed by atoms with van der Waals surface area (Å²) in [4.78, 5) is 45.0. The summed E-state index contributed by atoms with van der Waals surface area (Å²) >= 11 is 0. The van der Waals surface area contributed by atoms with E-state index in [-0.39, 0.29) is 57.4 Å². The van der Waals surface area contributed by atoms with Crippen LogP contribution >= 0.6 is 0 Å². The first-order chi connectivity index (χ1) is 24.6. The van der Waals surface area contributed by atoms with Crippen LogP contribution in [0.4, 0.5) is 30.4 Å². The Labute approximate surface area is 301 Å². The average Bonchev–Trinajstić information content (AvgIpc) is 3.69. The molecule has 2 amide bonds. The Bertz CT molecular complexity index is 2160. The predicted octanol–water partition coefficient (Wildman–Crippen LogP) is 7.18. The van der Waals surface area contributed by atoms with Crippen LogP contribution in [0.1, 0.15) is 94.9 Å². The number of halogens is 3. The van der Waals surface area contributed by atoms with Crippen molar-refractivity contribution < 1.29 is 22.8 Å². The van der Waals surface area contributed by atoms with Crippen molar-refractivity contribution in [3.05, 3.63) is 58.9 Å². The number of hydrogen-bond acceptors (Lipinski definition) is 7. The van der Waals surface area contributed by atoms with Crippen LogP contribution in [0.2, 0.25) is 0 Å². The maximum absolute atomic E-state index is 16.2. The van der Waals surface area contributed by atoms with Gasteiger partial charge in [-0.15, -0.1) is 0 Å². The van der Waals surface area contributed by atoms with E-state index in [1.807, 2.05) is 23.3 Å². The number of aromatic nitrogens is 4. The highest BCUT2D eigenvalue weighted by Gasteiger charge is 2.56. The summed E-state index contributed by atoms with van der Waals surface area (Å²) in [7, 11) is 0. The molecule has 2 aliphatic carbocycles. The summed E-state index contributed by atoms with van der Waals surface area (Å²) in [5.41, 5.74) is 0.567. The number of benzene rings is 1. The highest BCUT2D eigenvalue weighted by molar-refractivity contribution is 6.08. The first kappa shape index (κ1) is 34.6. The molecule has 1 unspecified atom stereocenters. The van der Waals surface area contributed by atoms with Crippen molar-refractivity contribution in [1.29, 1.82) is 0 Å². The van der Waals surface area contributed by atoms with Crippen molar-refractivity contribution in [3.8, 4) is 11.3 Å². The first-order valence-electron chi connectivity index (χ1n) is 18.3. The van der Waals surface area contributed by atoms with E-state index in [2.05, 4.69) is 32.4 Å².